The van der Waals surface area contributed by atoms with Crippen molar-refractivity contribution in [3.05, 3.63) is 95.4 Å². The minimum atomic E-state index is 0.879. The fourth-order valence-corrected chi connectivity index (χ4v) is 4.59. The Balaban J connectivity index is 2.00. The van der Waals surface area contributed by atoms with Gasteiger partial charge in [-0.1, -0.05) is 68.4 Å². The summed E-state index contributed by atoms with van der Waals surface area (Å²) < 4.78 is 5.72. The lowest BCUT2D eigenvalue weighted by molar-refractivity contribution is 0.415. The molecule has 0 fully saturated rings. The summed E-state index contributed by atoms with van der Waals surface area (Å²) in [6, 6.07) is 28.6. The van der Waals surface area contributed by atoms with E-state index in [1.54, 1.807) is 18.4 Å². The van der Waals surface area contributed by atoms with Crippen molar-refractivity contribution in [2.45, 2.75) is 26.7 Å². The van der Waals surface area contributed by atoms with Gasteiger partial charge in [0.15, 0.2) is 5.38 Å². The lowest BCUT2D eigenvalue weighted by Crippen LogP contribution is -1.93. The molecule has 0 amide bonds. The lowest BCUT2D eigenvalue weighted by Gasteiger charge is -2.15. The van der Waals surface area contributed by atoms with Crippen LogP contribution in [0.2, 0.25) is 0 Å². The van der Waals surface area contributed by atoms with Crippen LogP contribution in [0, 0.1) is 0 Å². The molecule has 150 valence electrons. The quantitative estimate of drug-likeness (QED) is 0.291. The minimum Gasteiger partial charge on any atom is -0.497 e. The van der Waals surface area contributed by atoms with Crippen molar-refractivity contribution in [1.29, 1.82) is 0 Å². The van der Waals surface area contributed by atoms with Gasteiger partial charge in [-0.05, 0) is 64.4 Å². The maximum atomic E-state index is 5.72. The van der Waals surface area contributed by atoms with Crippen LogP contribution >= 0.6 is 11.3 Å². The molecule has 0 aliphatic carbocycles. The molecular formula is C28H27OS+. The zero-order valence-electron chi connectivity index (χ0n) is 17.8. The average molecular weight is 412 g/mol. The molecule has 1 heterocycles. The van der Waals surface area contributed by atoms with E-state index in [9.17, 15) is 0 Å². The molecule has 0 aliphatic rings. The Labute approximate surface area is 183 Å². The number of aryl methyl sites for hydroxylation is 2. The Kier molecular flexibility index (Phi) is 6.25. The molecule has 0 atom stereocenters. The summed E-state index contributed by atoms with van der Waals surface area (Å²) in [6.45, 7) is 4.38. The van der Waals surface area contributed by atoms with Gasteiger partial charge in [0, 0.05) is 6.07 Å². The molecule has 4 rings (SSSR count). The summed E-state index contributed by atoms with van der Waals surface area (Å²) in [6.07, 6.45) is 2.09. The molecular weight excluding hydrogens is 384 g/mol. The number of hydrogen-bond acceptors (Lipinski definition) is 1. The Morgan fingerprint density at radius 2 is 1.23 bits per heavy atom. The first-order valence-corrected chi connectivity index (χ1v) is 11.4. The van der Waals surface area contributed by atoms with Crippen molar-refractivity contribution in [2.24, 2.45) is 0 Å². The van der Waals surface area contributed by atoms with E-state index in [0.717, 1.165) is 18.6 Å². The van der Waals surface area contributed by atoms with Crippen molar-refractivity contribution in [1.82, 2.24) is 0 Å². The third-order valence-electron chi connectivity index (χ3n) is 5.57. The molecule has 4 aromatic rings. The summed E-state index contributed by atoms with van der Waals surface area (Å²) >= 11 is 1.77. The average Bonchev–Trinajstić information content (AvgIpc) is 2.84. The molecule has 1 aromatic heterocycles. The van der Waals surface area contributed by atoms with Crippen LogP contribution in [-0.2, 0) is 12.8 Å². The number of benzene rings is 3. The summed E-state index contributed by atoms with van der Waals surface area (Å²) in [5.74, 6) is 0.879. The van der Waals surface area contributed by atoms with Crippen molar-refractivity contribution >= 4 is 11.3 Å². The molecule has 0 saturated heterocycles. The molecule has 0 bridgehead atoms. The van der Waals surface area contributed by atoms with E-state index in [1.807, 2.05) is 0 Å². The molecule has 0 radical (unpaired) electrons. The van der Waals surface area contributed by atoms with Crippen molar-refractivity contribution in [2.75, 3.05) is 7.11 Å². The summed E-state index contributed by atoms with van der Waals surface area (Å²) in [5.41, 5.74) is 8.78. The molecule has 0 unspecified atom stereocenters. The zero-order valence-corrected chi connectivity index (χ0v) is 18.6. The van der Waals surface area contributed by atoms with E-state index < -0.39 is 0 Å². The standard InChI is InChI=1S/C28H27OS/c1-4-20-9-13-22(14-10-20)25-18-24(29-3)19-26(23-15-11-21(5-2)12-16-23)28(25)27-8-6-7-17-30-27/h6-19H,4-5H2,1-3H3/q+1. The van der Waals surface area contributed by atoms with Gasteiger partial charge in [-0.3, -0.25) is 0 Å². The lowest BCUT2D eigenvalue weighted by atomic mass is 9.89. The number of ether oxygens (including phenoxy) is 1. The molecule has 30 heavy (non-hydrogen) atoms. The highest BCUT2D eigenvalue weighted by Crippen LogP contribution is 2.44. The first-order valence-electron chi connectivity index (χ1n) is 10.5. The fraction of sp³-hybridized carbons (Fsp3) is 0.179. The summed E-state index contributed by atoms with van der Waals surface area (Å²) in [4.78, 5) is 1.25. The van der Waals surface area contributed by atoms with Crippen LogP contribution in [0.4, 0.5) is 0 Å². The van der Waals surface area contributed by atoms with E-state index in [0.29, 0.717) is 0 Å². The second-order valence-corrected chi connectivity index (χ2v) is 8.32. The zero-order chi connectivity index (χ0) is 20.9. The van der Waals surface area contributed by atoms with E-state index in [1.165, 1.54) is 43.8 Å². The maximum Gasteiger partial charge on any atom is 0.239 e. The minimum absolute atomic E-state index is 0.879. The van der Waals surface area contributed by atoms with Gasteiger partial charge >= 0.3 is 0 Å². The Morgan fingerprint density at radius 1 is 0.700 bits per heavy atom. The summed E-state index contributed by atoms with van der Waals surface area (Å²) in [7, 11) is 1.74. The SMILES string of the molecule is CCc1ccc(-c2cc(OC)cc(-c3ccc(CC)cc3)c2-c2cccc[s+]2)cc1. The highest BCUT2D eigenvalue weighted by molar-refractivity contribution is 7.13. The van der Waals surface area contributed by atoms with Crippen molar-refractivity contribution < 1.29 is 4.74 Å². The van der Waals surface area contributed by atoms with Gasteiger partial charge in [0.25, 0.3) is 0 Å². The molecule has 0 spiro atoms. The van der Waals surface area contributed by atoms with E-state index in [2.05, 4.69) is 98.1 Å². The highest BCUT2D eigenvalue weighted by atomic mass is 32.1. The third kappa shape index (κ3) is 4.15. The predicted molar refractivity (Wildman–Crippen MR) is 130 cm³/mol. The second-order valence-electron chi connectivity index (χ2n) is 7.37. The molecule has 0 aliphatic heterocycles. The predicted octanol–water partition coefficient (Wildman–Crippen LogP) is 8.16. The Morgan fingerprint density at radius 3 is 1.63 bits per heavy atom. The number of hydrogen-bond donors (Lipinski definition) is 0. The van der Waals surface area contributed by atoms with Crippen LogP contribution in [0.25, 0.3) is 32.7 Å². The van der Waals surface area contributed by atoms with E-state index >= 15 is 0 Å². The van der Waals surface area contributed by atoms with Crippen LogP contribution in [0.1, 0.15) is 25.0 Å². The van der Waals surface area contributed by atoms with Crippen LogP contribution in [0.15, 0.2) is 84.2 Å². The molecule has 0 N–H and O–H groups in total. The van der Waals surface area contributed by atoms with Crippen LogP contribution < -0.4 is 4.74 Å². The van der Waals surface area contributed by atoms with Crippen LogP contribution in [0.3, 0.4) is 0 Å². The first kappa shape index (κ1) is 20.3. The highest BCUT2D eigenvalue weighted by Gasteiger charge is 2.22. The van der Waals surface area contributed by atoms with Gasteiger partial charge < -0.3 is 4.74 Å². The molecule has 3 aromatic carbocycles. The third-order valence-corrected chi connectivity index (χ3v) is 6.46. The van der Waals surface area contributed by atoms with E-state index in [-0.39, 0.29) is 0 Å². The first-order chi connectivity index (χ1) is 14.7. The van der Waals surface area contributed by atoms with Gasteiger partial charge in [-0.2, -0.15) is 0 Å². The van der Waals surface area contributed by atoms with Gasteiger partial charge in [-0.25, -0.2) is 0 Å². The maximum absolute atomic E-state index is 5.72. The van der Waals surface area contributed by atoms with Gasteiger partial charge in [-0.15, -0.1) is 0 Å². The second kappa shape index (κ2) is 9.23. The molecule has 0 saturated carbocycles. The topological polar surface area (TPSA) is 9.23 Å². The molecule has 1 nitrogen and oxygen atoms in total. The van der Waals surface area contributed by atoms with Gasteiger partial charge in [0.2, 0.25) is 16.2 Å². The number of methoxy groups -OCH3 is 1. The van der Waals surface area contributed by atoms with Gasteiger partial charge in [0.05, 0.1) is 12.7 Å². The smallest absolute Gasteiger partial charge is 0.239 e. The fourth-order valence-electron chi connectivity index (χ4n) is 3.78. The summed E-state index contributed by atoms with van der Waals surface area (Å²) in [5, 5.41) is 2.15. The van der Waals surface area contributed by atoms with Crippen LogP contribution in [-0.4, -0.2) is 7.11 Å². The Hall–Kier alpha value is -2.97. The largest absolute Gasteiger partial charge is 0.497 e. The molecule has 2 heteroatoms. The Bertz CT molecular complexity index is 1050. The normalized spacial score (nSPS) is 10.8. The number of rotatable bonds is 6. The monoisotopic (exact) mass is 411 g/mol. The van der Waals surface area contributed by atoms with Crippen LogP contribution in [0.5, 0.6) is 5.75 Å². The van der Waals surface area contributed by atoms with Gasteiger partial charge in [0.1, 0.15) is 5.75 Å². The van der Waals surface area contributed by atoms with E-state index in [4.69, 9.17) is 4.74 Å². The van der Waals surface area contributed by atoms with Crippen molar-refractivity contribution in [3.63, 3.8) is 0 Å². The van der Waals surface area contributed by atoms with Crippen molar-refractivity contribution in [3.8, 4) is 38.4 Å².